The van der Waals surface area contributed by atoms with Crippen molar-refractivity contribution in [3.05, 3.63) is 118 Å². The zero-order chi connectivity index (χ0) is 26.4. The summed E-state index contributed by atoms with van der Waals surface area (Å²) >= 11 is 0. The molecule has 0 unspecified atom stereocenters. The van der Waals surface area contributed by atoms with Crippen LogP contribution in [-0.4, -0.2) is 27.5 Å². The Hall–Kier alpha value is -4.19. The van der Waals surface area contributed by atoms with Crippen LogP contribution in [0.15, 0.2) is 78.9 Å². The lowest BCUT2D eigenvalue weighted by atomic mass is 10.0. The third-order valence-corrected chi connectivity index (χ3v) is 6.23. The van der Waals surface area contributed by atoms with Gasteiger partial charge >= 0.3 is 0 Å². The molecule has 0 bridgehead atoms. The summed E-state index contributed by atoms with van der Waals surface area (Å²) in [4.78, 5) is 25.5. The lowest BCUT2D eigenvalue weighted by Crippen LogP contribution is -2.30. The normalized spacial score (nSPS) is 10.9. The van der Waals surface area contributed by atoms with Gasteiger partial charge in [-0.05, 0) is 63.1 Å². The fourth-order valence-corrected chi connectivity index (χ4v) is 4.21. The molecule has 0 aliphatic heterocycles. The predicted molar refractivity (Wildman–Crippen MR) is 145 cm³/mol. The summed E-state index contributed by atoms with van der Waals surface area (Å²) < 4.78 is 7.69. The summed E-state index contributed by atoms with van der Waals surface area (Å²) in [7, 11) is 0. The average Bonchev–Trinajstić information content (AvgIpc) is 3.15. The van der Waals surface area contributed by atoms with Crippen LogP contribution in [0.5, 0.6) is 5.75 Å². The van der Waals surface area contributed by atoms with Crippen LogP contribution in [0, 0.1) is 13.8 Å². The van der Waals surface area contributed by atoms with Gasteiger partial charge in [-0.1, -0.05) is 54.6 Å². The molecular weight excluding hydrogens is 462 g/mol. The Morgan fingerprint density at radius 1 is 0.892 bits per heavy atom. The summed E-state index contributed by atoms with van der Waals surface area (Å²) in [6.07, 6.45) is 0.286. The first kappa shape index (κ1) is 25.9. The fraction of sp³-hybridized carbons (Fsp3) is 0.258. The lowest BCUT2D eigenvalue weighted by Gasteiger charge is -2.10. The van der Waals surface area contributed by atoms with Gasteiger partial charge in [0.1, 0.15) is 12.4 Å². The van der Waals surface area contributed by atoms with Crippen LogP contribution < -0.4 is 10.1 Å². The highest BCUT2D eigenvalue weighted by atomic mass is 16.5. The molecule has 0 aliphatic rings. The molecule has 1 heterocycles. The van der Waals surface area contributed by atoms with Crippen molar-refractivity contribution in [1.29, 1.82) is 0 Å². The first-order valence-corrected chi connectivity index (χ1v) is 12.5. The van der Waals surface area contributed by atoms with E-state index in [9.17, 15) is 9.59 Å². The van der Waals surface area contributed by atoms with Gasteiger partial charge in [0.05, 0.1) is 12.2 Å². The number of hydrogen-bond donors (Lipinski definition) is 1. The van der Waals surface area contributed by atoms with Gasteiger partial charge < -0.3 is 10.1 Å². The van der Waals surface area contributed by atoms with E-state index < -0.39 is 0 Å². The monoisotopic (exact) mass is 495 g/mol. The Morgan fingerprint density at radius 3 is 2.32 bits per heavy atom. The van der Waals surface area contributed by atoms with Gasteiger partial charge in [-0.25, -0.2) is 0 Å². The van der Waals surface area contributed by atoms with Crippen LogP contribution in [0.3, 0.4) is 0 Å². The Bertz CT molecular complexity index is 1370. The molecule has 190 valence electrons. The van der Waals surface area contributed by atoms with E-state index in [0.717, 1.165) is 33.8 Å². The highest BCUT2D eigenvalue weighted by Crippen LogP contribution is 2.19. The molecule has 1 amide bonds. The van der Waals surface area contributed by atoms with Crippen molar-refractivity contribution in [3.8, 4) is 5.75 Å². The Morgan fingerprint density at radius 2 is 1.62 bits per heavy atom. The number of hydrogen-bond acceptors (Lipinski definition) is 4. The van der Waals surface area contributed by atoms with Gasteiger partial charge in [-0.2, -0.15) is 5.10 Å². The van der Waals surface area contributed by atoms with Crippen molar-refractivity contribution in [2.45, 2.75) is 53.3 Å². The summed E-state index contributed by atoms with van der Waals surface area (Å²) in [5, 5.41) is 7.61. The maximum absolute atomic E-state index is 13.1. The van der Waals surface area contributed by atoms with E-state index in [4.69, 9.17) is 4.74 Å². The molecule has 4 rings (SSSR count). The smallest absolute Gasteiger partial charge is 0.251 e. The van der Waals surface area contributed by atoms with Gasteiger partial charge in [-0.3, -0.25) is 14.3 Å². The number of para-hydroxylation sites is 1. The molecule has 0 aliphatic carbocycles. The van der Waals surface area contributed by atoms with Crippen LogP contribution in [0.25, 0.3) is 0 Å². The van der Waals surface area contributed by atoms with Crippen LogP contribution in [0.4, 0.5) is 0 Å². The molecule has 0 radical (unpaired) electrons. The Kier molecular flexibility index (Phi) is 8.18. The van der Waals surface area contributed by atoms with Crippen LogP contribution in [-0.2, 0) is 19.6 Å². The summed E-state index contributed by atoms with van der Waals surface area (Å²) in [5.74, 6) is 0.777. The maximum Gasteiger partial charge on any atom is 0.251 e. The van der Waals surface area contributed by atoms with Gasteiger partial charge in [-0.15, -0.1) is 0 Å². The van der Waals surface area contributed by atoms with Gasteiger partial charge in [0.2, 0.25) is 0 Å². The maximum atomic E-state index is 13.1. The standard InChI is InChI=1S/C31H33N3O3/c1-21(2)32-31(36)27-10-8-9-25(17-27)19-34-23(4)29(22(3)33-34)18-30(35)26-15-13-24(14-16-26)20-37-28-11-6-5-7-12-28/h5-17,21H,18-20H2,1-4H3,(H,32,36). The summed E-state index contributed by atoms with van der Waals surface area (Å²) in [5.41, 5.74) is 6.01. The molecule has 0 saturated carbocycles. The van der Waals surface area contributed by atoms with Crippen molar-refractivity contribution >= 4 is 11.7 Å². The van der Waals surface area contributed by atoms with E-state index in [1.54, 1.807) is 0 Å². The second-order valence-corrected chi connectivity index (χ2v) is 9.53. The molecule has 0 saturated heterocycles. The van der Waals surface area contributed by atoms with Gasteiger partial charge in [0, 0.05) is 34.8 Å². The summed E-state index contributed by atoms with van der Waals surface area (Å²) in [6.45, 7) is 8.78. The van der Waals surface area contributed by atoms with Crippen LogP contribution in [0.1, 0.15) is 62.6 Å². The number of ketones is 1. The molecule has 37 heavy (non-hydrogen) atoms. The highest BCUT2D eigenvalue weighted by molar-refractivity contribution is 5.97. The zero-order valence-electron chi connectivity index (χ0n) is 21.8. The molecule has 0 spiro atoms. The van der Waals surface area contributed by atoms with E-state index in [0.29, 0.717) is 24.3 Å². The molecule has 3 aromatic carbocycles. The minimum Gasteiger partial charge on any atom is -0.489 e. The minimum absolute atomic E-state index is 0.0497. The number of benzene rings is 3. The van der Waals surface area contributed by atoms with Crippen molar-refractivity contribution in [2.24, 2.45) is 0 Å². The van der Waals surface area contributed by atoms with E-state index in [1.807, 2.05) is 111 Å². The van der Waals surface area contributed by atoms with Crippen molar-refractivity contribution < 1.29 is 14.3 Å². The molecule has 4 aromatic rings. The third-order valence-electron chi connectivity index (χ3n) is 6.23. The summed E-state index contributed by atoms with van der Waals surface area (Å²) in [6, 6.07) is 24.9. The third kappa shape index (κ3) is 6.73. The number of ether oxygens (including phenoxy) is 1. The number of carbonyl (C=O) groups excluding carboxylic acids is 2. The molecule has 1 aromatic heterocycles. The molecule has 1 N–H and O–H groups in total. The van der Waals surface area contributed by atoms with E-state index in [1.165, 1.54) is 0 Å². The van der Waals surface area contributed by atoms with Crippen molar-refractivity contribution in [2.75, 3.05) is 0 Å². The van der Waals surface area contributed by atoms with E-state index >= 15 is 0 Å². The number of aryl methyl sites for hydroxylation is 1. The first-order chi connectivity index (χ1) is 17.8. The fourth-order valence-electron chi connectivity index (χ4n) is 4.21. The second kappa shape index (κ2) is 11.7. The molecule has 0 atom stereocenters. The van der Waals surface area contributed by atoms with Gasteiger partial charge in [0.25, 0.3) is 5.91 Å². The quantitative estimate of drug-likeness (QED) is 0.287. The first-order valence-electron chi connectivity index (χ1n) is 12.5. The predicted octanol–water partition coefficient (Wildman–Crippen LogP) is 5.69. The van der Waals surface area contributed by atoms with Crippen LogP contribution in [0.2, 0.25) is 0 Å². The largest absolute Gasteiger partial charge is 0.489 e. The van der Waals surface area contributed by atoms with Gasteiger partial charge in [0.15, 0.2) is 5.78 Å². The van der Waals surface area contributed by atoms with E-state index in [-0.39, 0.29) is 24.2 Å². The Labute approximate surface area is 218 Å². The topological polar surface area (TPSA) is 73.2 Å². The van der Waals surface area contributed by atoms with E-state index in [2.05, 4.69) is 10.4 Å². The molecular formula is C31H33N3O3. The van der Waals surface area contributed by atoms with Crippen molar-refractivity contribution in [3.63, 3.8) is 0 Å². The molecule has 0 fully saturated rings. The zero-order valence-corrected chi connectivity index (χ0v) is 21.8. The number of carbonyl (C=O) groups is 2. The number of aromatic nitrogens is 2. The average molecular weight is 496 g/mol. The van der Waals surface area contributed by atoms with Crippen LogP contribution >= 0.6 is 0 Å². The highest BCUT2D eigenvalue weighted by Gasteiger charge is 2.17. The number of amides is 1. The minimum atomic E-state index is -0.0887. The molecule has 6 nitrogen and oxygen atoms in total. The van der Waals surface area contributed by atoms with Crippen molar-refractivity contribution in [1.82, 2.24) is 15.1 Å². The number of Topliss-reactive ketones (excluding diaryl/α,β-unsaturated/α-hetero) is 1. The second-order valence-electron chi connectivity index (χ2n) is 9.53. The Balaban J connectivity index is 1.41. The molecule has 6 heteroatoms. The SMILES string of the molecule is Cc1nn(Cc2cccc(C(=O)NC(C)C)c2)c(C)c1CC(=O)c1ccc(COc2ccccc2)cc1. The number of rotatable bonds is 10. The number of nitrogens with zero attached hydrogens (tertiary/aromatic N) is 2. The lowest BCUT2D eigenvalue weighted by molar-refractivity contribution is 0.0941. The number of nitrogens with one attached hydrogen (secondary N) is 1.